The van der Waals surface area contributed by atoms with Crippen molar-refractivity contribution in [2.75, 3.05) is 10.6 Å². The molecule has 7 nitrogen and oxygen atoms in total. The predicted molar refractivity (Wildman–Crippen MR) is 122 cm³/mol. The number of anilines is 3. The van der Waals surface area contributed by atoms with E-state index in [0.29, 0.717) is 17.3 Å². The SMILES string of the molecule is CC(=O)Nc1cc(Nc2ncc3cc(Br)ccc3n2)cc(-c2ccc(=O)[nH]c2C)c1. The molecule has 0 radical (unpaired) electrons. The van der Waals surface area contributed by atoms with Gasteiger partial charge in [0.2, 0.25) is 17.4 Å². The third-order valence-electron chi connectivity index (χ3n) is 4.48. The molecule has 1 amide bonds. The number of hydrogen-bond acceptors (Lipinski definition) is 5. The molecule has 8 heteroatoms. The van der Waals surface area contributed by atoms with Crippen molar-refractivity contribution in [2.24, 2.45) is 0 Å². The van der Waals surface area contributed by atoms with Crippen molar-refractivity contribution in [2.45, 2.75) is 13.8 Å². The lowest BCUT2D eigenvalue weighted by Crippen LogP contribution is -2.08. The fourth-order valence-electron chi connectivity index (χ4n) is 3.21. The van der Waals surface area contributed by atoms with Gasteiger partial charge in [-0.2, -0.15) is 0 Å². The number of hydrogen-bond donors (Lipinski definition) is 3. The first-order valence-corrected chi connectivity index (χ1v) is 9.99. The molecular formula is C22H18BrN5O2. The molecule has 4 aromatic rings. The highest BCUT2D eigenvalue weighted by Gasteiger charge is 2.09. The molecule has 0 aliphatic rings. The Kier molecular flexibility index (Phi) is 5.33. The predicted octanol–water partition coefficient (Wildman–Crippen LogP) is 4.76. The van der Waals surface area contributed by atoms with Crippen LogP contribution in [0.15, 0.2) is 64.0 Å². The van der Waals surface area contributed by atoms with E-state index >= 15 is 0 Å². The topological polar surface area (TPSA) is 99.8 Å². The normalized spacial score (nSPS) is 10.8. The molecule has 0 saturated heterocycles. The molecule has 0 fully saturated rings. The van der Waals surface area contributed by atoms with Crippen LogP contribution in [-0.2, 0) is 4.79 Å². The first-order valence-electron chi connectivity index (χ1n) is 9.20. The minimum atomic E-state index is -0.177. The summed E-state index contributed by atoms with van der Waals surface area (Å²) < 4.78 is 0.961. The number of fused-ring (bicyclic) bond motifs is 1. The van der Waals surface area contributed by atoms with E-state index in [9.17, 15) is 9.59 Å². The summed E-state index contributed by atoms with van der Waals surface area (Å²) in [4.78, 5) is 34.9. The number of H-pyrrole nitrogens is 1. The zero-order chi connectivity index (χ0) is 21.3. The summed E-state index contributed by atoms with van der Waals surface area (Å²) in [5.74, 6) is 0.262. The van der Waals surface area contributed by atoms with Crippen molar-refractivity contribution < 1.29 is 4.79 Å². The Morgan fingerprint density at radius 2 is 1.87 bits per heavy atom. The quantitative estimate of drug-likeness (QED) is 0.405. The number of carbonyl (C=O) groups excluding carboxylic acids is 1. The van der Waals surface area contributed by atoms with E-state index in [0.717, 1.165) is 32.2 Å². The molecule has 0 aliphatic carbocycles. The van der Waals surface area contributed by atoms with E-state index in [2.05, 4.69) is 41.5 Å². The number of halogens is 1. The lowest BCUT2D eigenvalue weighted by molar-refractivity contribution is -0.114. The zero-order valence-electron chi connectivity index (χ0n) is 16.3. The maximum atomic E-state index is 11.6. The van der Waals surface area contributed by atoms with Gasteiger partial charge < -0.3 is 15.6 Å². The standard InChI is InChI=1S/C22H18BrN5O2/c1-12-19(4-6-21(30)25-12)14-8-17(26-13(2)29)10-18(9-14)27-22-24-11-15-7-16(23)3-5-20(15)28-22/h3-11H,1-2H3,(H,25,30)(H,26,29)(H,24,27,28). The summed E-state index contributed by atoms with van der Waals surface area (Å²) in [7, 11) is 0. The number of aromatic amines is 1. The monoisotopic (exact) mass is 463 g/mol. The average molecular weight is 464 g/mol. The van der Waals surface area contributed by atoms with E-state index in [-0.39, 0.29) is 11.5 Å². The van der Waals surface area contributed by atoms with Crippen molar-refractivity contribution in [3.05, 3.63) is 75.2 Å². The highest BCUT2D eigenvalue weighted by Crippen LogP contribution is 2.30. The lowest BCUT2D eigenvalue weighted by Gasteiger charge is -2.13. The number of benzene rings is 2. The van der Waals surface area contributed by atoms with Crippen LogP contribution >= 0.6 is 15.9 Å². The van der Waals surface area contributed by atoms with Crippen molar-refractivity contribution in [3.63, 3.8) is 0 Å². The Morgan fingerprint density at radius 3 is 2.63 bits per heavy atom. The molecule has 0 spiro atoms. The first kappa shape index (κ1) is 19.8. The molecular weight excluding hydrogens is 446 g/mol. The number of aryl methyl sites for hydroxylation is 1. The second kappa shape index (κ2) is 8.08. The van der Waals surface area contributed by atoms with Gasteiger partial charge in [0.15, 0.2) is 0 Å². The van der Waals surface area contributed by atoms with Crippen LogP contribution in [0.2, 0.25) is 0 Å². The Labute approximate surface area is 180 Å². The van der Waals surface area contributed by atoms with Gasteiger partial charge in [0.05, 0.1) is 5.52 Å². The Morgan fingerprint density at radius 1 is 1.07 bits per heavy atom. The van der Waals surface area contributed by atoms with Gasteiger partial charge in [0.1, 0.15) is 0 Å². The van der Waals surface area contributed by atoms with E-state index in [1.165, 1.54) is 13.0 Å². The summed E-state index contributed by atoms with van der Waals surface area (Å²) >= 11 is 3.44. The van der Waals surface area contributed by atoms with Crippen LogP contribution in [0.4, 0.5) is 17.3 Å². The average Bonchev–Trinajstić information content (AvgIpc) is 2.67. The van der Waals surface area contributed by atoms with Gasteiger partial charge in [-0.1, -0.05) is 15.9 Å². The molecule has 2 aromatic heterocycles. The van der Waals surface area contributed by atoms with Crippen molar-refractivity contribution in [3.8, 4) is 11.1 Å². The minimum Gasteiger partial charge on any atom is -0.326 e. The Bertz CT molecular complexity index is 1330. The Hall–Kier alpha value is -3.52. The molecule has 0 unspecified atom stereocenters. The lowest BCUT2D eigenvalue weighted by atomic mass is 10.0. The molecule has 4 rings (SSSR count). The van der Waals surface area contributed by atoms with Crippen LogP contribution in [0.3, 0.4) is 0 Å². The summed E-state index contributed by atoms with van der Waals surface area (Å²) in [6.07, 6.45) is 1.75. The van der Waals surface area contributed by atoms with Gasteiger partial charge in [-0.15, -0.1) is 0 Å². The number of pyridine rings is 1. The molecule has 0 aliphatic heterocycles. The molecule has 2 aromatic carbocycles. The third-order valence-corrected chi connectivity index (χ3v) is 4.97. The molecule has 0 saturated carbocycles. The van der Waals surface area contributed by atoms with Crippen molar-refractivity contribution in [1.29, 1.82) is 0 Å². The fraction of sp³-hybridized carbons (Fsp3) is 0.0909. The van der Waals surface area contributed by atoms with Gasteiger partial charge >= 0.3 is 0 Å². The zero-order valence-corrected chi connectivity index (χ0v) is 17.9. The summed E-state index contributed by atoms with van der Waals surface area (Å²) in [5, 5.41) is 6.94. The molecule has 0 atom stereocenters. The maximum Gasteiger partial charge on any atom is 0.248 e. The van der Waals surface area contributed by atoms with Crippen LogP contribution in [0.5, 0.6) is 0 Å². The van der Waals surface area contributed by atoms with Crippen molar-refractivity contribution in [1.82, 2.24) is 15.0 Å². The highest BCUT2D eigenvalue weighted by molar-refractivity contribution is 9.10. The molecule has 30 heavy (non-hydrogen) atoms. The summed E-state index contributed by atoms with van der Waals surface area (Å²) in [6.45, 7) is 3.29. The van der Waals surface area contributed by atoms with E-state index in [1.807, 2.05) is 37.3 Å². The summed E-state index contributed by atoms with van der Waals surface area (Å²) in [6, 6.07) is 14.6. The van der Waals surface area contributed by atoms with Crippen LogP contribution < -0.4 is 16.2 Å². The van der Waals surface area contributed by atoms with Gasteiger partial charge in [0.25, 0.3) is 0 Å². The number of nitrogens with zero attached hydrogens (tertiary/aromatic N) is 2. The number of amides is 1. The first-order chi connectivity index (χ1) is 14.4. The van der Waals surface area contributed by atoms with Gasteiger partial charge in [-0.3, -0.25) is 9.59 Å². The number of carbonyl (C=O) groups is 1. The van der Waals surface area contributed by atoms with E-state index in [4.69, 9.17) is 0 Å². The fourth-order valence-corrected chi connectivity index (χ4v) is 3.59. The minimum absolute atomic E-state index is 0.163. The van der Waals surface area contributed by atoms with Crippen LogP contribution in [0, 0.1) is 6.92 Å². The number of aromatic nitrogens is 3. The van der Waals surface area contributed by atoms with Gasteiger partial charge in [-0.25, -0.2) is 9.97 Å². The maximum absolute atomic E-state index is 11.6. The van der Waals surface area contributed by atoms with Gasteiger partial charge in [0, 0.05) is 51.7 Å². The second-order valence-electron chi connectivity index (χ2n) is 6.86. The number of rotatable bonds is 4. The number of nitrogens with one attached hydrogen (secondary N) is 3. The summed E-state index contributed by atoms with van der Waals surface area (Å²) in [5.41, 5.74) is 4.41. The molecule has 3 N–H and O–H groups in total. The molecule has 150 valence electrons. The van der Waals surface area contributed by atoms with Crippen LogP contribution in [-0.4, -0.2) is 20.9 Å². The third kappa shape index (κ3) is 4.38. The van der Waals surface area contributed by atoms with Crippen LogP contribution in [0.1, 0.15) is 12.6 Å². The van der Waals surface area contributed by atoms with Crippen molar-refractivity contribution >= 4 is 50.1 Å². The van der Waals surface area contributed by atoms with Crippen LogP contribution in [0.25, 0.3) is 22.0 Å². The van der Waals surface area contributed by atoms with E-state index in [1.54, 1.807) is 18.3 Å². The largest absolute Gasteiger partial charge is 0.326 e. The Balaban J connectivity index is 1.75. The highest BCUT2D eigenvalue weighted by atomic mass is 79.9. The molecule has 2 heterocycles. The smallest absolute Gasteiger partial charge is 0.248 e. The second-order valence-corrected chi connectivity index (χ2v) is 7.78. The van der Waals surface area contributed by atoms with E-state index < -0.39 is 0 Å². The van der Waals surface area contributed by atoms with Gasteiger partial charge in [-0.05, 0) is 55.0 Å². The molecule has 0 bridgehead atoms.